The fourth-order valence-electron chi connectivity index (χ4n) is 1.67. The van der Waals surface area contributed by atoms with Crippen LogP contribution in [0.15, 0.2) is 18.2 Å². The first-order chi connectivity index (χ1) is 10.1. The van der Waals surface area contributed by atoms with Crippen molar-refractivity contribution in [3.63, 3.8) is 0 Å². The summed E-state index contributed by atoms with van der Waals surface area (Å²) in [7, 11) is 1.44. The normalized spacial score (nSPS) is 12.0. The average Bonchev–Trinajstić information content (AvgIpc) is 2.48. The van der Waals surface area contributed by atoms with Crippen LogP contribution in [-0.2, 0) is 19.0 Å². The van der Waals surface area contributed by atoms with Gasteiger partial charge in [-0.25, -0.2) is 9.18 Å². The van der Waals surface area contributed by atoms with Crippen LogP contribution in [0, 0.1) is 5.82 Å². The van der Waals surface area contributed by atoms with Gasteiger partial charge in [0.1, 0.15) is 18.4 Å². The van der Waals surface area contributed by atoms with Gasteiger partial charge in [-0.2, -0.15) is 0 Å². The van der Waals surface area contributed by atoms with Crippen molar-refractivity contribution in [1.29, 1.82) is 0 Å². The highest BCUT2D eigenvalue weighted by molar-refractivity contribution is 5.76. The van der Waals surface area contributed by atoms with Crippen LogP contribution in [-0.4, -0.2) is 33.1 Å². The first-order valence-corrected chi connectivity index (χ1v) is 6.83. The molecule has 0 aromatic heterocycles. The molecule has 0 fully saturated rings. The van der Waals surface area contributed by atoms with Gasteiger partial charge in [0.25, 0.3) is 0 Å². The first-order valence-electron chi connectivity index (χ1n) is 6.83. The van der Waals surface area contributed by atoms with E-state index in [1.54, 1.807) is 13.0 Å². The molecule has 6 heteroatoms. The summed E-state index contributed by atoms with van der Waals surface area (Å²) in [6.07, 6.45) is -0.336. The largest absolute Gasteiger partial charge is 0.497 e. The number of halogens is 1. The van der Waals surface area contributed by atoms with Gasteiger partial charge in [-0.05, 0) is 25.5 Å². The van der Waals surface area contributed by atoms with Crippen LogP contribution < -0.4 is 4.74 Å². The van der Waals surface area contributed by atoms with Crippen molar-refractivity contribution in [3.8, 4) is 5.75 Å². The molecule has 0 spiro atoms. The second-order valence-corrected chi connectivity index (χ2v) is 4.21. The molecule has 5 nitrogen and oxygen atoms in total. The highest BCUT2D eigenvalue weighted by Gasteiger charge is 2.26. The van der Waals surface area contributed by atoms with Crippen molar-refractivity contribution in [3.05, 3.63) is 29.6 Å². The molecule has 0 saturated heterocycles. The Balaban J connectivity index is 2.86. The standard InChI is InChI=1S/C15H21FO5/c1-4-8-19-10-21-14(15(17)20-5-2)12-7-6-11(18-3)9-13(12)16/h6-7,9,14H,4-5,8,10H2,1-3H3/t14-/m1/s1. The fraction of sp³-hybridized carbons (Fsp3) is 0.533. The molecular weight excluding hydrogens is 279 g/mol. The lowest BCUT2D eigenvalue weighted by molar-refractivity contribution is -0.168. The third-order valence-electron chi connectivity index (χ3n) is 2.66. The Morgan fingerprint density at radius 1 is 1.33 bits per heavy atom. The second-order valence-electron chi connectivity index (χ2n) is 4.21. The number of esters is 1. The smallest absolute Gasteiger partial charge is 0.340 e. The summed E-state index contributed by atoms with van der Waals surface area (Å²) in [5, 5.41) is 0. The summed E-state index contributed by atoms with van der Waals surface area (Å²) in [6.45, 7) is 4.20. The summed E-state index contributed by atoms with van der Waals surface area (Å²) in [5.41, 5.74) is 0.0920. The summed E-state index contributed by atoms with van der Waals surface area (Å²) >= 11 is 0. The number of carbonyl (C=O) groups excluding carboxylic acids is 1. The number of carbonyl (C=O) groups is 1. The van der Waals surface area contributed by atoms with E-state index in [1.165, 1.54) is 19.2 Å². The lowest BCUT2D eigenvalue weighted by Gasteiger charge is -2.17. The van der Waals surface area contributed by atoms with E-state index in [2.05, 4.69) is 0 Å². The minimum Gasteiger partial charge on any atom is -0.497 e. The predicted molar refractivity (Wildman–Crippen MR) is 74.5 cm³/mol. The predicted octanol–water partition coefficient (Wildman–Crippen LogP) is 2.84. The van der Waals surface area contributed by atoms with Gasteiger partial charge >= 0.3 is 5.97 Å². The Labute approximate surface area is 123 Å². The van der Waals surface area contributed by atoms with E-state index in [4.69, 9.17) is 18.9 Å². The molecule has 0 unspecified atom stereocenters. The number of hydrogen-bond acceptors (Lipinski definition) is 5. The summed E-state index contributed by atoms with van der Waals surface area (Å²) in [4.78, 5) is 11.9. The number of hydrogen-bond donors (Lipinski definition) is 0. The third kappa shape index (κ3) is 5.32. The molecule has 0 saturated carbocycles. The van der Waals surface area contributed by atoms with Crippen molar-refractivity contribution in [2.24, 2.45) is 0 Å². The number of rotatable bonds is 9. The summed E-state index contributed by atoms with van der Waals surface area (Å²) in [5.74, 6) is -0.884. The number of benzene rings is 1. The molecule has 0 radical (unpaired) electrons. The second kappa shape index (κ2) is 9.31. The van der Waals surface area contributed by atoms with Gasteiger partial charge in [0.15, 0.2) is 6.10 Å². The van der Waals surface area contributed by atoms with Gasteiger partial charge in [-0.3, -0.25) is 0 Å². The van der Waals surface area contributed by atoms with Crippen LogP contribution in [0.2, 0.25) is 0 Å². The van der Waals surface area contributed by atoms with Crippen LogP contribution >= 0.6 is 0 Å². The maximum atomic E-state index is 14.1. The van der Waals surface area contributed by atoms with Crippen molar-refractivity contribution >= 4 is 5.97 Å². The van der Waals surface area contributed by atoms with E-state index in [-0.39, 0.29) is 19.0 Å². The molecule has 0 aliphatic heterocycles. The van der Waals surface area contributed by atoms with Gasteiger partial charge in [-0.1, -0.05) is 6.92 Å². The summed E-state index contributed by atoms with van der Waals surface area (Å²) < 4.78 is 34.4. The Bertz CT molecular complexity index is 450. The van der Waals surface area contributed by atoms with E-state index in [9.17, 15) is 9.18 Å². The maximum absolute atomic E-state index is 14.1. The molecule has 1 aromatic rings. The number of ether oxygens (including phenoxy) is 4. The van der Waals surface area contributed by atoms with Gasteiger partial charge < -0.3 is 18.9 Å². The Morgan fingerprint density at radius 3 is 2.67 bits per heavy atom. The molecule has 0 N–H and O–H groups in total. The van der Waals surface area contributed by atoms with Crippen LogP contribution in [0.25, 0.3) is 0 Å². The van der Waals surface area contributed by atoms with Crippen molar-refractivity contribution < 1.29 is 28.1 Å². The monoisotopic (exact) mass is 300 g/mol. The van der Waals surface area contributed by atoms with Crippen molar-refractivity contribution in [2.45, 2.75) is 26.4 Å². The van der Waals surface area contributed by atoms with Gasteiger partial charge in [-0.15, -0.1) is 0 Å². The zero-order valence-corrected chi connectivity index (χ0v) is 12.6. The molecule has 0 amide bonds. The SMILES string of the molecule is CCCOCO[C@@H](C(=O)OCC)c1ccc(OC)cc1F. The molecule has 0 aliphatic carbocycles. The molecule has 21 heavy (non-hydrogen) atoms. The molecule has 1 atom stereocenters. The van der Waals surface area contributed by atoms with Crippen LogP contribution in [0.1, 0.15) is 31.9 Å². The lowest BCUT2D eigenvalue weighted by atomic mass is 10.1. The zero-order chi connectivity index (χ0) is 15.7. The quantitative estimate of drug-likeness (QED) is 0.399. The van der Waals surface area contributed by atoms with Gasteiger partial charge in [0.2, 0.25) is 0 Å². The van der Waals surface area contributed by atoms with Gasteiger partial charge in [0.05, 0.1) is 13.7 Å². The van der Waals surface area contributed by atoms with E-state index >= 15 is 0 Å². The molecule has 1 aromatic carbocycles. The van der Waals surface area contributed by atoms with Crippen LogP contribution in [0.4, 0.5) is 4.39 Å². The fourth-order valence-corrected chi connectivity index (χ4v) is 1.67. The van der Waals surface area contributed by atoms with Crippen molar-refractivity contribution in [1.82, 2.24) is 0 Å². The van der Waals surface area contributed by atoms with E-state index < -0.39 is 17.9 Å². The van der Waals surface area contributed by atoms with Crippen LogP contribution in [0.5, 0.6) is 5.75 Å². The summed E-state index contributed by atoms with van der Waals surface area (Å²) in [6, 6.07) is 4.19. The van der Waals surface area contributed by atoms with E-state index in [0.717, 1.165) is 6.42 Å². The average molecular weight is 300 g/mol. The Hall–Kier alpha value is -1.66. The molecule has 0 aliphatic rings. The molecular formula is C15H21FO5. The van der Waals surface area contributed by atoms with Crippen LogP contribution in [0.3, 0.4) is 0 Å². The third-order valence-corrected chi connectivity index (χ3v) is 2.66. The highest BCUT2D eigenvalue weighted by Crippen LogP contribution is 2.25. The first kappa shape index (κ1) is 17.4. The van der Waals surface area contributed by atoms with E-state index in [0.29, 0.717) is 12.4 Å². The number of methoxy groups -OCH3 is 1. The molecule has 0 bridgehead atoms. The molecule has 118 valence electrons. The van der Waals surface area contributed by atoms with Crippen molar-refractivity contribution in [2.75, 3.05) is 27.1 Å². The Kier molecular flexibility index (Phi) is 7.71. The zero-order valence-electron chi connectivity index (χ0n) is 12.6. The topological polar surface area (TPSA) is 54.0 Å². The lowest BCUT2D eigenvalue weighted by Crippen LogP contribution is -2.21. The maximum Gasteiger partial charge on any atom is 0.340 e. The minimum atomic E-state index is -1.16. The molecule has 1 rings (SSSR count). The molecule has 0 heterocycles. The van der Waals surface area contributed by atoms with E-state index in [1.807, 2.05) is 6.92 Å². The highest BCUT2D eigenvalue weighted by atomic mass is 19.1. The van der Waals surface area contributed by atoms with Gasteiger partial charge in [0, 0.05) is 18.2 Å². The Morgan fingerprint density at radius 2 is 2.10 bits per heavy atom. The minimum absolute atomic E-state index is 0.0920.